The first-order valence-corrected chi connectivity index (χ1v) is 9.71. The first-order chi connectivity index (χ1) is 13.5. The average molecular weight is 371 g/mol. The maximum Gasteiger partial charge on any atom is 0.256 e. The zero-order chi connectivity index (χ0) is 19.7. The molecule has 0 aliphatic heterocycles. The van der Waals surface area contributed by atoms with E-state index < -0.39 is 0 Å². The lowest BCUT2D eigenvalue weighted by Crippen LogP contribution is -2.34. The van der Waals surface area contributed by atoms with Crippen molar-refractivity contribution in [1.29, 1.82) is 0 Å². The fourth-order valence-corrected chi connectivity index (χ4v) is 3.80. The Morgan fingerprint density at radius 1 is 1.04 bits per heavy atom. The van der Waals surface area contributed by atoms with Crippen molar-refractivity contribution in [3.8, 4) is 0 Å². The fourth-order valence-electron chi connectivity index (χ4n) is 3.80. The number of carbonyl (C=O) groups is 1. The molecule has 4 nitrogen and oxygen atoms in total. The number of aryl methyl sites for hydroxylation is 1. The molecule has 4 heteroatoms. The number of pyridine rings is 1. The number of nitrogens with zero attached hydrogens (tertiary/aromatic N) is 3. The third kappa shape index (κ3) is 3.38. The molecule has 142 valence electrons. The van der Waals surface area contributed by atoms with Crippen molar-refractivity contribution in [1.82, 2.24) is 14.5 Å². The lowest BCUT2D eigenvalue weighted by molar-refractivity contribution is 0.0721. The van der Waals surface area contributed by atoms with Crippen molar-refractivity contribution in [3.05, 3.63) is 78.1 Å². The van der Waals surface area contributed by atoms with E-state index in [4.69, 9.17) is 0 Å². The van der Waals surface area contributed by atoms with Crippen LogP contribution in [0.4, 0.5) is 0 Å². The number of amides is 1. The van der Waals surface area contributed by atoms with E-state index in [-0.39, 0.29) is 5.91 Å². The lowest BCUT2D eigenvalue weighted by atomic mass is 10.1. The molecule has 2 heterocycles. The molecule has 0 saturated heterocycles. The zero-order valence-electron chi connectivity index (χ0n) is 16.6. The smallest absolute Gasteiger partial charge is 0.256 e. The van der Waals surface area contributed by atoms with Crippen LogP contribution in [0.2, 0.25) is 0 Å². The summed E-state index contributed by atoms with van der Waals surface area (Å²) in [5.41, 5.74) is 3.74. The van der Waals surface area contributed by atoms with Gasteiger partial charge in [-0.1, -0.05) is 50.2 Å². The molecule has 0 bridgehead atoms. The highest BCUT2D eigenvalue weighted by Crippen LogP contribution is 2.23. The molecule has 0 saturated carbocycles. The van der Waals surface area contributed by atoms with Crippen LogP contribution < -0.4 is 0 Å². The Hall–Kier alpha value is -3.14. The van der Waals surface area contributed by atoms with Crippen molar-refractivity contribution in [2.75, 3.05) is 6.54 Å². The van der Waals surface area contributed by atoms with Crippen molar-refractivity contribution >= 4 is 27.7 Å². The Bertz CT molecular complexity index is 1140. The summed E-state index contributed by atoms with van der Waals surface area (Å²) in [6.07, 6.45) is 1.75. The first kappa shape index (κ1) is 18.2. The fraction of sp³-hybridized carbons (Fsp3) is 0.250. The van der Waals surface area contributed by atoms with Crippen LogP contribution in [0.15, 0.2) is 66.9 Å². The largest absolute Gasteiger partial charge is 0.346 e. The van der Waals surface area contributed by atoms with Gasteiger partial charge < -0.3 is 9.47 Å². The highest BCUT2D eigenvalue weighted by molar-refractivity contribution is 6.05. The van der Waals surface area contributed by atoms with Gasteiger partial charge in [-0.15, -0.1) is 0 Å². The quantitative estimate of drug-likeness (QED) is 0.494. The predicted octanol–water partition coefficient (Wildman–Crippen LogP) is 5.02. The van der Waals surface area contributed by atoms with Crippen LogP contribution >= 0.6 is 0 Å². The molecule has 2 aromatic heterocycles. The summed E-state index contributed by atoms with van der Waals surface area (Å²) in [6.45, 7) is 5.56. The van der Waals surface area contributed by atoms with E-state index in [1.54, 1.807) is 6.20 Å². The molecule has 4 rings (SSSR count). The van der Waals surface area contributed by atoms with Gasteiger partial charge in [0.05, 0.1) is 17.6 Å². The van der Waals surface area contributed by atoms with E-state index in [0.29, 0.717) is 24.6 Å². The number of rotatable bonds is 5. The number of fused-ring (bicyclic) bond motifs is 2. The van der Waals surface area contributed by atoms with Crippen LogP contribution in [0, 0.1) is 5.92 Å². The summed E-state index contributed by atoms with van der Waals surface area (Å²) in [4.78, 5) is 19.9. The standard InChI is InChI=1S/C24H25N3O/c1-17(2)15-27(16-20-14-19-8-4-5-12-22(19)26(20)3)24(28)21-11-6-9-18-10-7-13-25-23(18)21/h4-14,17H,15-16H2,1-3H3. The number of aromatic nitrogens is 2. The molecule has 28 heavy (non-hydrogen) atoms. The molecule has 0 spiro atoms. The van der Waals surface area contributed by atoms with Gasteiger partial charge in [-0.05, 0) is 35.6 Å². The minimum atomic E-state index is 0.0308. The second-order valence-corrected chi connectivity index (χ2v) is 7.71. The van der Waals surface area contributed by atoms with Gasteiger partial charge in [-0.25, -0.2) is 0 Å². The monoisotopic (exact) mass is 371 g/mol. The van der Waals surface area contributed by atoms with Crippen LogP contribution in [-0.4, -0.2) is 26.9 Å². The molecule has 2 aromatic carbocycles. The Balaban J connectivity index is 1.73. The maximum absolute atomic E-state index is 13.5. The molecular formula is C24H25N3O. The van der Waals surface area contributed by atoms with Crippen LogP contribution in [0.3, 0.4) is 0 Å². The summed E-state index contributed by atoms with van der Waals surface area (Å²) >= 11 is 0. The molecule has 0 unspecified atom stereocenters. The van der Waals surface area contributed by atoms with E-state index >= 15 is 0 Å². The van der Waals surface area contributed by atoms with Crippen molar-refractivity contribution in [2.24, 2.45) is 13.0 Å². The third-order valence-electron chi connectivity index (χ3n) is 5.14. The van der Waals surface area contributed by atoms with Gasteiger partial charge in [-0.2, -0.15) is 0 Å². The molecule has 0 fully saturated rings. The van der Waals surface area contributed by atoms with E-state index in [9.17, 15) is 4.79 Å². The van der Waals surface area contributed by atoms with E-state index in [0.717, 1.165) is 16.6 Å². The van der Waals surface area contributed by atoms with Gasteiger partial charge in [0.2, 0.25) is 0 Å². The van der Waals surface area contributed by atoms with Gasteiger partial charge in [0.25, 0.3) is 5.91 Å². The van der Waals surface area contributed by atoms with Crippen LogP contribution in [0.25, 0.3) is 21.8 Å². The Morgan fingerprint density at radius 2 is 1.79 bits per heavy atom. The summed E-state index contributed by atoms with van der Waals surface area (Å²) in [5, 5.41) is 2.19. The van der Waals surface area contributed by atoms with Gasteiger partial charge in [0, 0.05) is 36.4 Å². The Kier molecular flexibility index (Phi) is 4.86. The zero-order valence-corrected chi connectivity index (χ0v) is 16.6. The van der Waals surface area contributed by atoms with Crippen LogP contribution in [0.5, 0.6) is 0 Å². The van der Waals surface area contributed by atoms with Gasteiger partial charge in [0.1, 0.15) is 0 Å². The maximum atomic E-state index is 13.5. The second kappa shape index (κ2) is 7.47. The Labute approximate surface area is 165 Å². The number of carbonyl (C=O) groups excluding carboxylic acids is 1. The number of hydrogen-bond donors (Lipinski definition) is 0. The molecule has 0 aliphatic carbocycles. The average Bonchev–Trinajstić information content (AvgIpc) is 3.02. The van der Waals surface area contributed by atoms with Crippen LogP contribution in [0.1, 0.15) is 29.9 Å². The van der Waals surface area contributed by atoms with Crippen molar-refractivity contribution in [3.63, 3.8) is 0 Å². The minimum absolute atomic E-state index is 0.0308. The summed E-state index contributed by atoms with van der Waals surface area (Å²) in [5.74, 6) is 0.407. The highest BCUT2D eigenvalue weighted by Gasteiger charge is 2.21. The predicted molar refractivity (Wildman–Crippen MR) is 114 cm³/mol. The molecule has 1 amide bonds. The molecular weight excluding hydrogens is 346 g/mol. The normalized spacial score (nSPS) is 11.4. The third-order valence-corrected chi connectivity index (χ3v) is 5.14. The Morgan fingerprint density at radius 3 is 2.57 bits per heavy atom. The van der Waals surface area contributed by atoms with Crippen molar-refractivity contribution in [2.45, 2.75) is 20.4 Å². The number of hydrogen-bond acceptors (Lipinski definition) is 2. The summed E-state index contributed by atoms with van der Waals surface area (Å²) in [6, 6.07) is 20.2. The second-order valence-electron chi connectivity index (χ2n) is 7.71. The molecule has 4 aromatic rings. The summed E-state index contributed by atoms with van der Waals surface area (Å²) in [7, 11) is 2.06. The highest BCUT2D eigenvalue weighted by atomic mass is 16.2. The summed E-state index contributed by atoms with van der Waals surface area (Å²) < 4.78 is 2.18. The van der Waals surface area contributed by atoms with Crippen molar-refractivity contribution < 1.29 is 4.79 Å². The van der Waals surface area contributed by atoms with E-state index in [1.807, 2.05) is 47.4 Å². The van der Waals surface area contributed by atoms with Crippen LogP contribution in [-0.2, 0) is 13.6 Å². The molecule has 0 radical (unpaired) electrons. The number of para-hydroxylation sites is 2. The molecule has 0 aliphatic rings. The van der Waals surface area contributed by atoms with E-state index in [1.165, 1.54) is 10.9 Å². The van der Waals surface area contributed by atoms with Gasteiger partial charge >= 0.3 is 0 Å². The van der Waals surface area contributed by atoms with Gasteiger partial charge in [0.15, 0.2) is 0 Å². The lowest BCUT2D eigenvalue weighted by Gasteiger charge is -2.25. The van der Waals surface area contributed by atoms with Gasteiger partial charge in [-0.3, -0.25) is 9.78 Å². The minimum Gasteiger partial charge on any atom is -0.346 e. The molecule has 0 N–H and O–H groups in total. The van der Waals surface area contributed by atoms with E-state index in [2.05, 4.69) is 48.6 Å². The topological polar surface area (TPSA) is 38.1 Å². The first-order valence-electron chi connectivity index (χ1n) is 9.71. The number of benzene rings is 2. The SMILES string of the molecule is CC(C)CN(Cc1cc2ccccc2n1C)C(=O)c1cccc2cccnc12. The molecule has 0 atom stereocenters.